The van der Waals surface area contributed by atoms with Crippen LogP contribution in [-0.2, 0) is 6.54 Å². The molecule has 6 nitrogen and oxygen atoms in total. The molecule has 0 atom stereocenters. The Labute approximate surface area is 120 Å². The molecule has 0 fully saturated rings. The highest BCUT2D eigenvalue weighted by molar-refractivity contribution is 6.29. The van der Waals surface area contributed by atoms with E-state index in [0.29, 0.717) is 17.5 Å². The van der Waals surface area contributed by atoms with Crippen LogP contribution < -0.4 is 5.32 Å². The Balaban J connectivity index is 1.67. The van der Waals surface area contributed by atoms with E-state index in [0.717, 1.165) is 11.4 Å². The Morgan fingerprint density at radius 3 is 2.80 bits per heavy atom. The molecule has 0 unspecified atom stereocenters. The molecular weight excluding hydrogens is 276 g/mol. The molecule has 0 aromatic carbocycles. The molecule has 100 valence electrons. The van der Waals surface area contributed by atoms with Gasteiger partial charge in [0, 0.05) is 25.1 Å². The molecule has 0 aliphatic carbocycles. The molecule has 1 N–H and O–H groups in total. The number of aromatic nitrogens is 5. The molecule has 0 saturated heterocycles. The summed E-state index contributed by atoms with van der Waals surface area (Å²) in [4.78, 5) is 16.4. The van der Waals surface area contributed by atoms with Crippen molar-refractivity contribution in [3.8, 4) is 5.82 Å². The van der Waals surface area contributed by atoms with Gasteiger partial charge < -0.3 is 5.32 Å². The molecule has 3 aromatic heterocycles. The summed E-state index contributed by atoms with van der Waals surface area (Å²) in [5.41, 5.74) is 1.04. The van der Waals surface area contributed by atoms with Crippen LogP contribution in [-0.4, -0.2) is 24.5 Å². The Morgan fingerprint density at radius 2 is 2.10 bits per heavy atom. The summed E-state index contributed by atoms with van der Waals surface area (Å²) >= 11 is 5.77. The lowest BCUT2D eigenvalue weighted by Gasteiger charge is -2.06. The maximum Gasteiger partial charge on any atom is 0.149 e. The van der Waals surface area contributed by atoms with Gasteiger partial charge in [0.2, 0.25) is 0 Å². The first kappa shape index (κ1) is 12.6. The molecule has 0 bridgehead atoms. The lowest BCUT2D eigenvalue weighted by atomic mass is 10.3. The van der Waals surface area contributed by atoms with Crippen LogP contribution in [0.25, 0.3) is 5.82 Å². The van der Waals surface area contributed by atoms with E-state index in [2.05, 4.69) is 25.3 Å². The monoisotopic (exact) mass is 286 g/mol. The number of hydrogen-bond donors (Lipinski definition) is 1. The third kappa shape index (κ3) is 2.92. The zero-order chi connectivity index (χ0) is 13.8. The van der Waals surface area contributed by atoms with Gasteiger partial charge in [0.1, 0.15) is 23.1 Å². The number of pyridine rings is 1. The second kappa shape index (κ2) is 5.66. The van der Waals surface area contributed by atoms with Gasteiger partial charge in [-0.2, -0.15) is 0 Å². The third-order valence-corrected chi connectivity index (χ3v) is 2.84. The molecule has 7 heteroatoms. The Kier molecular flexibility index (Phi) is 3.56. The van der Waals surface area contributed by atoms with Crippen LogP contribution in [0.1, 0.15) is 5.56 Å². The first-order valence-corrected chi connectivity index (χ1v) is 6.34. The Hall–Kier alpha value is -2.47. The lowest BCUT2D eigenvalue weighted by Crippen LogP contribution is -2.03. The minimum absolute atomic E-state index is 0.364. The van der Waals surface area contributed by atoms with Gasteiger partial charge in [-0.3, -0.25) is 9.55 Å². The van der Waals surface area contributed by atoms with Gasteiger partial charge in [0.15, 0.2) is 0 Å². The summed E-state index contributed by atoms with van der Waals surface area (Å²) in [6.45, 7) is 0.603. The number of anilines is 1. The average Bonchev–Trinajstić information content (AvgIpc) is 3.00. The normalized spacial score (nSPS) is 10.4. The SMILES string of the molecule is Clc1cncc(NCc2ccc(-n3ccnc3)nc2)n1. The molecule has 3 heterocycles. The molecule has 3 aromatic rings. The second-order valence-corrected chi connectivity index (χ2v) is 4.46. The fourth-order valence-corrected chi connectivity index (χ4v) is 1.84. The quantitative estimate of drug-likeness (QED) is 0.797. The van der Waals surface area contributed by atoms with Crippen molar-refractivity contribution in [2.24, 2.45) is 0 Å². The highest BCUT2D eigenvalue weighted by Crippen LogP contribution is 2.10. The van der Waals surface area contributed by atoms with E-state index in [1.54, 1.807) is 24.9 Å². The van der Waals surface area contributed by atoms with E-state index in [4.69, 9.17) is 11.6 Å². The van der Waals surface area contributed by atoms with E-state index < -0.39 is 0 Å². The number of hydrogen-bond acceptors (Lipinski definition) is 5. The second-order valence-electron chi connectivity index (χ2n) is 4.08. The number of nitrogens with one attached hydrogen (secondary N) is 1. The van der Waals surface area contributed by atoms with E-state index >= 15 is 0 Å². The van der Waals surface area contributed by atoms with Crippen LogP contribution >= 0.6 is 11.6 Å². The topological polar surface area (TPSA) is 68.5 Å². The summed E-state index contributed by atoms with van der Waals surface area (Å²) in [5.74, 6) is 1.46. The van der Waals surface area contributed by atoms with Gasteiger partial charge in [-0.25, -0.2) is 15.0 Å². The number of nitrogens with zero attached hydrogens (tertiary/aromatic N) is 5. The van der Waals surface area contributed by atoms with Gasteiger partial charge in [0.05, 0.1) is 12.4 Å². The van der Waals surface area contributed by atoms with Crippen LogP contribution in [0.2, 0.25) is 5.15 Å². The van der Waals surface area contributed by atoms with E-state index in [1.165, 1.54) is 6.20 Å². The first-order chi connectivity index (χ1) is 9.81. The van der Waals surface area contributed by atoms with Crippen molar-refractivity contribution in [2.75, 3.05) is 5.32 Å². The minimum Gasteiger partial charge on any atom is -0.365 e. The predicted molar refractivity (Wildman–Crippen MR) is 75.7 cm³/mol. The maximum atomic E-state index is 5.77. The van der Waals surface area contributed by atoms with Crippen molar-refractivity contribution < 1.29 is 0 Å². The van der Waals surface area contributed by atoms with Crippen molar-refractivity contribution in [3.05, 3.63) is 60.2 Å². The smallest absolute Gasteiger partial charge is 0.149 e. The standard InChI is InChI=1S/C13H11ClN6/c14-11-7-16-8-12(19-11)17-5-10-1-2-13(18-6-10)20-4-3-15-9-20/h1-4,6-9H,5H2,(H,17,19). The molecule has 0 spiro atoms. The molecule has 0 amide bonds. The Morgan fingerprint density at radius 1 is 1.15 bits per heavy atom. The Bertz CT molecular complexity index is 680. The summed E-state index contributed by atoms with van der Waals surface area (Å²) in [5, 5.41) is 3.50. The summed E-state index contributed by atoms with van der Waals surface area (Å²) in [6.07, 6.45) is 10.2. The zero-order valence-electron chi connectivity index (χ0n) is 10.4. The van der Waals surface area contributed by atoms with Gasteiger partial charge in [-0.05, 0) is 11.6 Å². The van der Waals surface area contributed by atoms with E-state index in [-0.39, 0.29) is 0 Å². The van der Waals surface area contributed by atoms with Crippen molar-refractivity contribution in [1.29, 1.82) is 0 Å². The van der Waals surface area contributed by atoms with Crippen molar-refractivity contribution in [3.63, 3.8) is 0 Å². The number of halogens is 1. The van der Waals surface area contributed by atoms with Crippen LogP contribution in [0.4, 0.5) is 5.82 Å². The molecule has 3 rings (SSSR count). The van der Waals surface area contributed by atoms with Gasteiger partial charge in [-0.15, -0.1) is 0 Å². The van der Waals surface area contributed by atoms with Crippen molar-refractivity contribution in [2.45, 2.75) is 6.54 Å². The maximum absolute atomic E-state index is 5.77. The molecule has 0 radical (unpaired) electrons. The van der Waals surface area contributed by atoms with Crippen LogP contribution in [0.3, 0.4) is 0 Å². The van der Waals surface area contributed by atoms with E-state index in [1.807, 2.05) is 22.9 Å². The molecule has 0 aliphatic heterocycles. The summed E-state index contributed by atoms with van der Waals surface area (Å²) in [7, 11) is 0. The minimum atomic E-state index is 0.364. The zero-order valence-corrected chi connectivity index (χ0v) is 11.2. The van der Waals surface area contributed by atoms with Crippen LogP contribution in [0, 0.1) is 0 Å². The predicted octanol–water partition coefficient (Wildman–Crippen LogP) is 2.32. The lowest BCUT2D eigenvalue weighted by molar-refractivity contribution is 0.976. The van der Waals surface area contributed by atoms with Crippen molar-refractivity contribution in [1.82, 2.24) is 24.5 Å². The highest BCUT2D eigenvalue weighted by atomic mass is 35.5. The van der Waals surface area contributed by atoms with Crippen LogP contribution in [0.5, 0.6) is 0 Å². The van der Waals surface area contributed by atoms with E-state index in [9.17, 15) is 0 Å². The molecule has 0 aliphatic rings. The average molecular weight is 287 g/mol. The molecule has 0 saturated carbocycles. The first-order valence-electron chi connectivity index (χ1n) is 5.96. The summed E-state index contributed by atoms with van der Waals surface area (Å²) in [6, 6.07) is 3.93. The van der Waals surface area contributed by atoms with Crippen LogP contribution in [0.15, 0.2) is 49.4 Å². The van der Waals surface area contributed by atoms with Gasteiger partial charge in [-0.1, -0.05) is 17.7 Å². The van der Waals surface area contributed by atoms with Gasteiger partial charge in [0.25, 0.3) is 0 Å². The fraction of sp³-hybridized carbons (Fsp3) is 0.0769. The summed E-state index contributed by atoms with van der Waals surface area (Å²) < 4.78 is 1.85. The van der Waals surface area contributed by atoms with Crippen molar-refractivity contribution >= 4 is 17.4 Å². The largest absolute Gasteiger partial charge is 0.365 e. The number of rotatable bonds is 4. The fourth-order valence-electron chi connectivity index (χ4n) is 1.69. The number of imidazole rings is 1. The molecule has 20 heavy (non-hydrogen) atoms. The van der Waals surface area contributed by atoms with Gasteiger partial charge >= 0.3 is 0 Å². The molecular formula is C13H11ClN6. The third-order valence-electron chi connectivity index (χ3n) is 2.66. The highest BCUT2D eigenvalue weighted by Gasteiger charge is 2.00.